The number of hydrogen-bond donors (Lipinski definition) is 2. The molecule has 0 aliphatic heterocycles. The number of rotatable bonds is 3. The average Bonchev–Trinajstić information content (AvgIpc) is 2.18. The predicted molar refractivity (Wildman–Crippen MR) is 46.8 cm³/mol. The quantitative estimate of drug-likeness (QED) is 0.200. The van der Waals surface area contributed by atoms with Gasteiger partial charge in [0.25, 0.3) is 0 Å². The molecule has 0 spiro atoms. The van der Waals surface area contributed by atoms with Crippen LogP contribution in [0, 0.1) is 0 Å². The first-order valence-electron chi connectivity index (χ1n) is 3.32. The summed E-state index contributed by atoms with van der Waals surface area (Å²) in [5.74, 6) is 10.6. The molecule has 0 saturated heterocycles. The maximum atomic E-state index is 10.2. The topological polar surface area (TPSA) is 110 Å². The normalized spacial score (nSPS) is 10.2. The van der Waals surface area contributed by atoms with Crippen molar-refractivity contribution in [2.24, 2.45) is 16.8 Å². The molecule has 0 bridgehead atoms. The molecule has 1 heterocycles. The maximum absolute atomic E-state index is 10.2. The molecule has 1 aromatic heterocycles. The summed E-state index contributed by atoms with van der Waals surface area (Å²) in [4.78, 5) is 17.8. The van der Waals surface area contributed by atoms with Gasteiger partial charge in [-0.3, -0.25) is 4.79 Å². The Labute approximate surface area is 74.0 Å². The first kappa shape index (κ1) is 9.07. The summed E-state index contributed by atoms with van der Waals surface area (Å²) < 4.78 is 0. The van der Waals surface area contributed by atoms with Crippen LogP contribution in [0.3, 0.4) is 0 Å². The summed E-state index contributed by atoms with van der Waals surface area (Å²) in [5, 5.41) is 4.28. The first-order valence-corrected chi connectivity index (χ1v) is 3.32. The molecule has 1 aromatic rings. The fraction of sp³-hybridized carbons (Fsp3) is 0. The second-order valence-corrected chi connectivity index (χ2v) is 2.09. The number of hydrazine groups is 1. The molecule has 68 valence electrons. The number of anilines is 1. The van der Waals surface area contributed by atoms with Crippen LogP contribution in [0.15, 0.2) is 17.5 Å². The van der Waals surface area contributed by atoms with Crippen molar-refractivity contribution in [3.05, 3.63) is 18.1 Å². The molecular formula is C6H8N6O. The minimum atomic E-state index is 0.238. The first-order chi connectivity index (χ1) is 6.27. The van der Waals surface area contributed by atoms with Gasteiger partial charge in [-0.1, -0.05) is 0 Å². The lowest BCUT2D eigenvalue weighted by atomic mass is 10.5. The van der Waals surface area contributed by atoms with Gasteiger partial charge in [0.1, 0.15) is 12.0 Å². The van der Waals surface area contributed by atoms with Crippen LogP contribution in [-0.2, 0) is 0 Å². The predicted octanol–water partition coefficient (Wildman–Crippen LogP) is -1.13. The van der Waals surface area contributed by atoms with Crippen molar-refractivity contribution in [2.45, 2.75) is 0 Å². The Morgan fingerprint density at radius 2 is 2.23 bits per heavy atom. The van der Waals surface area contributed by atoms with E-state index in [0.717, 1.165) is 5.01 Å². The van der Waals surface area contributed by atoms with E-state index in [1.165, 1.54) is 18.7 Å². The Hall–Kier alpha value is -2.02. The molecule has 0 radical (unpaired) electrons. The number of aromatic nitrogens is 2. The highest BCUT2D eigenvalue weighted by atomic mass is 16.1. The van der Waals surface area contributed by atoms with Crippen molar-refractivity contribution in [1.29, 1.82) is 0 Å². The van der Waals surface area contributed by atoms with Crippen molar-refractivity contribution in [3.8, 4) is 0 Å². The Kier molecular flexibility index (Phi) is 2.87. The molecule has 4 N–H and O–H groups in total. The van der Waals surface area contributed by atoms with Crippen LogP contribution in [0.4, 0.5) is 5.82 Å². The lowest BCUT2D eigenvalue weighted by Gasteiger charge is -2.08. The van der Waals surface area contributed by atoms with Crippen LogP contribution in [0.5, 0.6) is 0 Å². The van der Waals surface area contributed by atoms with E-state index in [1.54, 1.807) is 0 Å². The van der Waals surface area contributed by atoms with Crippen LogP contribution in [0.2, 0.25) is 0 Å². The maximum Gasteiger partial charge on any atom is 0.170 e. The van der Waals surface area contributed by atoms with E-state index >= 15 is 0 Å². The van der Waals surface area contributed by atoms with Gasteiger partial charge >= 0.3 is 0 Å². The standard InChI is InChI=1S/C6H8N6O/c7-11-4-12(8)6-2-9-5(3-13)1-10-6/h1-4H,7-8H2/b11-4-. The second-order valence-electron chi connectivity index (χ2n) is 2.09. The average molecular weight is 180 g/mol. The van der Waals surface area contributed by atoms with Crippen molar-refractivity contribution in [3.63, 3.8) is 0 Å². The van der Waals surface area contributed by atoms with Crippen molar-refractivity contribution in [2.75, 3.05) is 5.01 Å². The molecule has 0 unspecified atom stereocenters. The molecule has 0 fully saturated rings. The number of carbonyl (C=O) groups is 1. The summed E-state index contributed by atoms with van der Waals surface area (Å²) >= 11 is 0. The van der Waals surface area contributed by atoms with Crippen LogP contribution < -0.4 is 16.7 Å². The molecule has 0 atom stereocenters. The lowest BCUT2D eigenvalue weighted by Crippen LogP contribution is -2.30. The number of hydrazone groups is 1. The number of nitrogens with zero attached hydrogens (tertiary/aromatic N) is 4. The fourth-order valence-corrected chi connectivity index (χ4v) is 0.656. The molecule has 1 rings (SSSR count). The SMILES string of the molecule is N/N=C\N(N)c1cnc(C=O)cn1. The second kappa shape index (κ2) is 4.12. The Morgan fingerprint density at radius 1 is 1.46 bits per heavy atom. The van der Waals surface area contributed by atoms with E-state index in [2.05, 4.69) is 15.1 Å². The Bertz CT molecular complexity index is 307. The summed E-state index contributed by atoms with van der Waals surface area (Å²) in [6, 6.07) is 0. The molecule has 0 saturated carbocycles. The third-order valence-corrected chi connectivity index (χ3v) is 1.23. The highest BCUT2D eigenvalue weighted by Crippen LogP contribution is 2.01. The van der Waals surface area contributed by atoms with Crippen molar-refractivity contribution >= 4 is 18.4 Å². The fourth-order valence-electron chi connectivity index (χ4n) is 0.656. The zero-order valence-electron chi connectivity index (χ0n) is 6.66. The van der Waals surface area contributed by atoms with E-state index in [4.69, 9.17) is 11.7 Å². The summed E-state index contributed by atoms with van der Waals surface area (Å²) in [7, 11) is 0. The van der Waals surface area contributed by atoms with Crippen molar-refractivity contribution < 1.29 is 4.79 Å². The monoisotopic (exact) mass is 180 g/mol. The van der Waals surface area contributed by atoms with Crippen LogP contribution >= 0.6 is 0 Å². The zero-order valence-corrected chi connectivity index (χ0v) is 6.66. The minimum absolute atomic E-state index is 0.238. The van der Waals surface area contributed by atoms with Gasteiger partial charge in [-0.2, -0.15) is 5.10 Å². The van der Waals surface area contributed by atoms with Gasteiger partial charge in [-0.25, -0.2) is 20.8 Å². The van der Waals surface area contributed by atoms with E-state index < -0.39 is 0 Å². The zero-order chi connectivity index (χ0) is 9.68. The largest absolute Gasteiger partial charge is 0.322 e. The molecule has 7 nitrogen and oxygen atoms in total. The van der Waals surface area contributed by atoms with Crippen molar-refractivity contribution in [1.82, 2.24) is 9.97 Å². The smallest absolute Gasteiger partial charge is 0.170 e. The van der Waals surface area contributed by atoms with Gasteiger partial charge in [-0.05, 0) is 0 Å². The van der Waals surface area contributed by atoms with Crippen LogP contribution in [-0.4, -0.2) is 22.6 Å². The Morgan fingerprint density at radius 3 is 2.69 bits per heavy atom. The van der Waals surface area contributed by atoms with Crippen LogP contribution in [0.25, 0.3) is 0 Å². The number of carbonyl (C=O) groups excluding carboxylic acids is 1. The third-order valence-electron chi connectivity index (χ3n) is 1.23. The van der Waals surface area contributed by atoms with E-state index in [1.807, 2.05) is 0 Å². The van der Waals surface area contributed by atoms with E-state index in [0.29, 0.717) is 12.1 Å². The van der Waals surface area contributed by atoms with E-state index in [9.17, 15) is 4.79 Å². The molecule has 0 amide bonds. The molecule has 0 aromatic carbocycles. The minimum Gasteiger partial charge on any atom is -0.322 e. The van der Waals surface area contributed by atoms with Gasteiger partial charge in [0, 0.05) is 0 Å². The number of aldehydes is 1. The van der Waals surface area contributed by atoms with Crippen LogP contribution in [0.1, 0.15) is 10.5 Å². The molecule has 7 heteroatoms. The lowest BCUT2D eigenvalue weighted by molar-refractivity contribution is 0.111. The third kappa shape index (κ3) is 2.20. The summed E-state index contributed by atoms with van der Waals surface area (Å²) in [6.07, 6.45) is 4.40. The van der Waals surface area contributed by atoms with E-state index in [-0.39, 0.29) is 5.69 Å². The molecular weight excluding hydrogens is 172 g/mol. The van der Waals surface area contributed by atoms with Gasteiger partial charge in [0.15, 0.2) is 12.1 Å². The molecule has 13 heavy (non-hydrogen) atoms. The number of hydrogen-bond acceptors (Lipinski definition) is 6. The van der Waals surface area contributed by atoms with Gasteiger partial charge in [0.2, 0.25) is 0 Å². The summed E-state index contributed by atoms with van der Waals surface area (Å²) in [6.45, 7) is 0. The molecule has 0 aliphatic carbocycles. The van der Waals surface area contributed by atoms with Gasteiger partial charge in [-0.15, -0.1) is 0 Å². The highest BCUT2D eigenvalue weighted by Gasteiger charge is 2.00. The van der Waals surface area contributed by atoms with Gasteiger partial charge in [0.05, 0.1) is 12.4 Å². The Balaban J connectivity index is 2.85. The molecule has 0 aliphatic rings. The highest BCUT2D eigenvalue weighted by molar-refractivity contribution is 5.76. The number of nitrogens with two attached hydrogens (primary N) is 2. The van der Waals surface area contributed by atoms with Gasteiger partial charge < -0.3 is 5.84 Å². The summed E-state index contributed by atoms with van der Waals surface area (Å²) in [5.41, 5.74) is 0.238.